The molecular weight excluding hydrogens is 357 g/mol. The number of sulfone groups is 1. The zero-order valence-corrected chi connectivity index (χ0v) is 14.0. The lowest BCUT2D eigenvalue weighted by Crippen LogP contribution is -2.11. The molecule has 1 atom stereocenters. The van der Waals surface area contributed by atoms with Gasteiger partial charge in [0.05, 0.1) is 10.6 Å². The largest absolute Gasteiger partial charge is 0.377 e. The summed E-state index contributed by atoms with van der Waals surface area (Å²) >= 11 is 3.32. The summed E-state index contributed by atoms with van der Waals surface area (Å²) in [5, 5.41) is 3.16. The summed E-state index contributed by atoms with van der Waals surface area (Å²) < 4.78 is 37.3. The van der Waals surface area contributed by atoms with Crippen LogP contribution in [0.3, 0.4) is 0 Å². The second-order valence-corrected chi connectivity index (χ2v) is 7.64. The number of benzene rings is 2. The highest BCUT2D eigenvalue weighted by Crippen LogP contribution is 2.29. The molecule has 0 bridgehead atoms. The van der Waals surface area contributed by atoms with Crippen molar-refractivity contribution in [3.63, 3.8) is 0 Å². The monoisotopic (exact) mass is 371 g/mol. The number of nitrogens with one attached hydrogen (secondary N) is 1. The van der Waals surface area contributed by atoms with E-state index in [4.69, 9.17) is 0 Å². The standard InChI is InChI=1S/C15H15BrFNO2S/c1-10(12-8-7-11(17)9-13(12)16)18-14-5-3-4-6-15(14)21(2,19)20/h3-10,18H,1-2H3. The molecule has 2 rings (SSSR count). The van der Waals surface area contributed by atoms with Crippen LogP contribution in [0.2, 0.25) is 0 Å². The molecule has 21 heavy (non-hydrogen) atoms. The minimum atomic E-state index is -3.31. The van der Waals surface area contributed by atoms with Crippen LogP contribution >= 0.6 is 15.9 Å². The molecule has 2 aromatic rings. The Labute approximate surface area is 132 Å². The summed E-state index contributed by atoms with van der Waals surface area (Å²) in [7, 11) is -3.31. The molecule has 112 valence electrons. The summed E-state index contributed by atoms with van der Waals surface area (Å²) in [6, 6.07) is 11.0. The Kier molecular flexibility index (Phi) is 4.68. The molecule has 0 radical (unpaired) electrons. The lowest BCUT2D eigenvalue weighted by molar-refractivity contribution is 0.602. The van der Waals surface area contributed by atoms with Crippen LogP contribution < -0.4 is 5.32 Å². The molecule has 0 spiro atoms. The molecule has 1 unspecified atom stereocenters. The summed E-state index contributed by atoms with van der Waals surface area (Å²) in [6.45, 7) is 1.89. The van der Waals surface area contributed by atoms with Crippen molar-refractivity contribution in [2.45, 2.75) is 17.9 Å². The Bertz CT molecular complexity index is 762. The van der Waals surface area contributed by atoms with Crippen molar-refractivity contribution in [3.05, 3.63) is 58.3 Å². The van der Waals surface area contributed by atoms with Gasteiger partial charge in [0.2, 0.25) is 0 Å². The van der Waals surface area contributed by atoms with Crippen LogP contribution in [0.15, 0.2) is 51.8 Å². The Morgan fingerprint density at radius 2 is 1.86 bits per heavy atom. The SMILES string of the molecule is CC(Nc1ccccc1S(C)(=O)=O)c1ccc(F)cc1Br. The molecule has 0 aromatic heterocycles. The fraction of sp³-hybridized carbons (Fsp3) is 0.200. The lowest BCUT2D eigenvalue weighted by Gasteiger charge is -2.19. The van der Waals surface area contributed by atoms with Crippen LogP contribution in [0.25, 0.3) is 0 Å². The van der Waals surface area contributed by atoms with Gasteiger partial charge in [-0.25, -0.2) is 12.8 Å². The predicted molar refractivity (Wildman–Crippen MR) is 85.7 cm³/mol. The van der Waals surface area contributed by atoms with Gasteiger partial charge in [0.1, 0.15) is 5.82 Å². The molecule has 0 fully saturated rings. The fourth-order valence-corrected chi connectivity index (χ4v) is 3.62. The third kappa shape index (κ3) is 3.83. The van der Waals surface area contributed by atoms with E-state index in [1.807, 2.05) is 6.92 Å². The fourth-order valence-electron chi connectivity index (χ4n) is 2.07. The first kappa shape index (κ1) is 16.0. The van der Waals surface area contributed by atoms with Crippen LogP contribution in [-0.4, -0.2) is 14.7 Å². The molecule has 0 saturated carbocycles. The molecule has 6 heteroatoms. The maximum absolute atomic E-state index is 13.1. The van der Waals surface area contributed by atoms with E-state index in [2.05, 4.69) is 21.2 Å². The average Bonchev–Trinajstić information content (AvgIpc) is 2.37. The minimum absolute atomic E-state index is 0.178. The maximum Gasteiger partial charge on any atom is 0.177 e. The molecule has 0 amide bonds. The predicted octanol–water partition coefficient (Wildman–Crippen LogP) is 4.16. The molecule has 0 heterocycles. The van der Waals surface area contributed by atoms with E-state index in [-0.39, 0.29) is 16.8 Å². The van der Waals surface area contributed by atoms with Crippen molar-refractivity contribution < 1.29 is 12.8 Å². The number of anilines is 1. The lowest BCUT2D eigenvalue weighted by atomic mass is 10.1. The van der Waals surface area contributed by atoms with E-state index < -0.39 is 9.84 Å². The first-order valence-corrected chi connectivity index (χ1v) is 8.98. The first-order valence-electron chi connectivity index (χ1n) is 6.29. The molecule has 3 nitrogen and oxygen atoms in total. The molecular formula is C15H15BrFNO2S. The van der Waals surface area contributed by atoms with Gasteiger partial charge in [-0.1, -0.05) is 34.1 Å². The molecule has 0 saturated heterocycles. The number of hydrogen-bond donors (Lipinski definition) is 1. The second-order valence-electron chi connectivity index (χ2n) is 4.80. The number of para-hydroxylation sites is 1. The maximum atomic E-state index is 13.1. The van der Waals surface area contributed by atoms with E-state index in [9.17, 15) is 12.8 Å². The quantitative estimate of drug-likeness (QED) is 0.877. The van der Waals surface area contributed by atoms with Crippen LogP contribution in [0.5, 0.6) is 0 Å². The van der Waals surface area contributed by atoms with Crippen molar-refractivity contribution >= 4 is 31.5 Å². The van der Waals surface area contributed by atoms with E-state index in [0.717, 1.165) is 5.56 Å². The zero-order valence-electron chi connectivity index (χ0n) is 11.6. The van der Waals surface area contributed by atoms with Gasteiger partial charge >= 0.3 is 0 Å². The number of hydrogen-bond acceptors (Lipinski definition) is 3. The Hall–Kier alpha value is -1.40. The Balaban J connectivity index is 2.34. The second kappa shape index (κ2) is 6.15. The van der Waals surface area contributed by atoms with Crippen molar-refractivity contribution in [2.24, 2.45) is 0 Å². The minimum Gasteiger partial charge on any atom is -0.377 e. The van der Waals surface area contributed by atoms with Crippen LogP contribution in [0.1, 0.15) is 18.5 Å². The zero-order chi connectivity index (χ0) is 15.6. The highest BCUT2D eigenvalue weighted by atomic mass is 79.9. The molecule has 1 N–H and O–H groups in total. The average molecular weight is 372 g/mol. The molecule has 2 aromatic carbocycles. The molecule has 0 aliphatic carbocycles. The summed E-state index contributed by atoms with van der Waals surface area (Å²) in [5.74, 6) is -0.325. The first-order chi connectivity index (χ1) is 9.79. The van der Waals surface area contributed by atoms with Crippen LogP contribution in [-0.2, 0) is 9.84 Å². The summed E-state index contributed by atoms with van der Waals surface area (Å²) in [4.78, 5) is 0.245. The summed E-state index contributed by atoms with van der Waals surface area (Å²) in [5.41, 5.74) is 1.38. The van der Waals surface area contributed by atoms with Gasteiger partial charge in [-0.05, 0) is 36.8 Å². The third-order valence-electron chi connectivity index (χ3n) is 3.09. The van der Waals surface area contributed by atoms with Gasteiger partial charge in [0.15, 0.2) is 9.84 Å². The van der Waals surface area contributed by atoms with Gasteiger partial charge in [0, 0.05) is 16.8 Å². The van der Waals surface area contributed by atoms with E-state index in [1.165, 1.54) is 18.4 Å². The highest BCUT2D eigenvalue weighted by Gasteiger charge is 2.16. The highest BCUT2D eigenvalue weighted by molar-refractivity contribution is 9.10. The number of halogens is 2. The van der Waals surface area contributed by atoms with Gasteiger partial charge in [-0.15, -0.1) is 0 Å². The van der Waals surface area contributed by atoms with Gasteiger partial charge in [0.25, 0.3) is 0 Å². The van der Waals surface area contributed by atoms with Crippen molar-refractivity contribution in [1.82, 2.24) is 0 Å². The van der Waals surface area contributed by atoms with E-state index in [1.54, 1.807) is 30.3 Å². The number of rotatable bonds is 4. The Morgan fingerprint density at radius 1 is 1.19 bits per heavy atom. The van der Waals surface area contributed by atoms with Crippen molar-refractivity contribution in [3.8, 4) is 0 Å². The Morgan fingerprint density at radius 3 is 2.48 bits per heavy atom. The van der Waals surface area contributed by atoms with Crippen LogP contribution in [0.4, 0.5) is 10.1 Å². The van der Waals surface area contributed by atoms with Gasteiger partial charge in [-0.3, -0.25) is 0 Å². The van der Waals surface area contributed by atoms with Crippen molar-refractivity contribution in [1.29, 1.82) is 0 Å². The van der Waals surface area contributed by atoms with E-state index in [0.29, 0.717) is 10.2 Å². The summed E-state index contributed by atoms with van der Waals surface area (Å²) in [6.07, 6.45) is 1.17. The topological polar surface area (TPSA) is 46.2 Å². The van der Waals surface area contributed by atoms with E-state index >= 15 is 0 Å². The van der Waals surface area contributed by atoms with Gasteiger partial charge in [-0.2, -0.15) is 0 Å². The van der Waals surface area contributed by atoms with Gasteiger partial charge < -0.3 is 5.32 Å². The third-order valence-corrected chi connectivity index (χ3v) is 4.93. The molecule has 0 aliphatic heterocycles. The normalized spacial score (nSPS) is 13.0. The van der Waals surface area contributed by atoms with Crippen molar-refractivity contribution in [2.75, 3.05) is 11.6 Å². The smallest absolute Gasteiger partial charge is 0.177 e. The molecule has 0 aliphatic rings. The van der Waals surface area contributed by atoms with Crippen LogP contribution in [0, 0.1) is 5.82 Å².